The van der Waals surface area contributed by atoms with Gasteiger partial charge in [-0.25, -0.2) is 0 Å². The number of hydrogen-bond donors (Lipinski definition) is 0. The van der Waals surface area contributed by atoms with Crippen LogP contribution in [0.5, 0.6) is 5.75 Å². The second-order valence-corrected chi connectivity index (χ2v) is 7.94. The molecule has 1 fully saturated rings. The molecule has 2 heterocycles. The third-order valence-electron chi connectivity index (χ3n) is 4.86. The Morgan fingerprint density at radius 1 is 1.28 bits per heavy atom. The number of carbonyl (C=O) groups is 2. The monoisotopic (exact) mass is 364 g/mol. The number of rotatable bonds is 5. The average Bonchev–Trinajstić information content (AvgIpc) is 3.07. The number of amides is 1. The molecule has 0 spiro atoms. The third kappa shape index (κ3) is 3.67. The number of carbonyl (C=O) groups excluding carboxylic acids is 2. The minimum absolute atomic E-state index is 0.0808. The molecular formula is C19H25ClN2O3. The molecule has 0 saturated carbocycles. The highest BCUT2D eigenvalue weighted by molar-refractivity contribution is 6.33. The first-order valence-corrected chi connectivity index (χ1v) is 9.29. The molecule has 3 rings (SSSR count). The maximum absolute atomic E-state index is 12.9. The summed E-state index contributed by atoms with van der Waals surface area (Å²) >= 11 is 5.94. The zero-order valence-corrected chi connectivity index (χ0v) is 15.8. The molecule has 2 aliphatic rings. The summed E-state index contributed by atoms with van der Waals surface area (Å²) in [5.74, 6) is 0.397. The smallest absolute Gasteiger partial charge is 0.270 e. The van der Waals surface area contributed by atoms with Crippen molar-refractivity contribution in [3.8, 4) is 5.75 Å². The van der Waals surface area contributed by atoms with E-state index in [0.717, 1.165) is 19.6 Å². The molecule has 2 aliphatic heterocycles. The van der Waals surface area contributed by atoms with Gasteiger partial charge in [0, 0.05) is 18.7 Å². The second kappa shape index (κ2) is 6.96. The van der Waals surface area contributed by atoms with Crippen LogP contribution < -0.4 is 9.64 Å². The van der Waals surface area contributed by atoms with E-state index in [1.165, 1.54) is 12.8 Å². The van der Waals surface area contributed by atoms with Gasteiger partial charge < -0.3 is 14.5 Å². The first kappa shape index (κ1) is 18.2. The first-order valence-electron chi connectivity index (χ1n) is 8.85. The number of hydrogen-bond acceptors (Lipinski definition) is 4. The lowest BCUT2D eigenvalue weighted by Gasteiger charge is -2.39. The summed E-state index contributed by atoms with van der Waals surface area (Å²) in [4.78, 5) is 29.3. The predicted molar refractivity (Wildman–Crippen MR) is 98.8 cm³/mol. The highest BCUT2D eigenvalue weighted by Crippen LogP contribution is 2.38. The molecule has 6 heteroatoms. The molecule has 0 aromatic heterocycles. The van der Waals surface area contributed by atoms with Crippen LogP contribution in [0.25, 0.3) is 0 Å². The number of halogens is 1. The van der Waals surface area contributed by atoms with E-state index >= 15 is 0 Å². The fraction of sp³-hybridized carbons (Fsp3) is 0.579. The zero-order chi connectivity index (χ0) is 18.2. The van der Waals surface area contributed by atoms with Crippen molar-refractivity contribution in [2.45, 2.75) is 44.6 Å². The molecule has 0 bridgehead atoms. The molecule has 0 aliphatic carbocycles. The lowest BCUT2D eigenvalue weighted by atomic mass is 10.0. The van der Waals surface area contributed by atoms with Crippen LogP contribution in [0.2, 0.25) is 0 Å². The van der Waals surface area contributed by atoms with Gasteiger partial charge in [0.2, 0.25) is 0 Å². The minimum atomic E-state index is -0.913. The highest BCUT2D eigenvalue weighted by atomic mass is 35.5. The van der Waals surface area contributed by atoms with Crippen LogP contribution in [0.4, 0.5) is 5.69 Å². The van der Waals surface area contributed by atoms with Crippen molar-refractivity contribution in [2.24, 2.45) is 0 Å². The number of anilines is 1. The van der Waals surface area contributed by atoms with Gasteiger partial charge in [0.05, 0.1) is 11.1 Å². The van der Waals surface area contributed by atoms with Crippen molar-refractivity contribution >= 4 is 29.0 Å². The minimum Gasteiger partial charge on any atom is -0.476 e. The molecule has 0 radical (unpaired) electrons. The van der Waals surface area contributed by atoms with Gasteiger partial charge in [-0.3, -0.25) is 9.59 Å². The predicted octanol–water partition coefficient (Wildman–Crippen LogP) is 3.10. The molecule has 0 N–H and O–H groups in total. The van der Waals surface area contributed by atoms with E-state index in [1.54, 1.807) is 43.9 Å². The Morgan fingerprint density at radius 3 is 2.60 bits per heavy atom. The Bertz CT molecular complexity index is 681. The molecular weight excluding hydrogens is 340 g/mol. The van der Waals surface area contributed by atoms with Crippen LogP contribution in [-0.2, 0) is 4.79 Å². The van der Waals surface area contributed by atoms with Gasteiger partial charge in [-0.1, -0.05) is 0 Å². The van der Waals surface area contributed by atoms with Crippen molar-refractivity contribution < 1.29 is 14.3 Å². The zero-order valence-electron chi connectivity index (χ0n) is 15.0. The van der Waals surface area contributed by atoms with E-state index in [9.17, 15) is 9.59 Å². The summed E-state index contributed by atoms with van der Waals surface area (Å²) < 4.78 is 5.88. The summed E-state index contributed by atoms with van der Waals surface area (Å²) in [6.07, 6.45) is 2.43. The number of ketones is 1. The molecule has 1 amide bonds. The van der Waals surface area contributed by atoms with Crippen molar-refractivity contribution in [1.29, 1.82) is 0 Å². The highest BCUT2D eigenvalue weighted by Gasteiger charge is 2.41. The molecule has 25 heavy (non-hydrogen) atoms. The van der Waals surface area contributed by atoms with Crippen molar-refractivity contribution in [3.05, 3.63) is 23.8 Å². The number of benzene rings is 1. The SMILES string of the molecule is CC(Cl)C(=O)c1ccc2c(c1)N(CCN1CCCC1)C(=O)C(C)(C)O2. The number of Topliss-reactive ketones (excluding diaryl/α,β-unsaturated/α-hetero) is 1. The summed E-state index contributed by atoms with van der Waals surface area (Å²) in [5, 5.41) is -0.604. The van der Waals surface area contributed by atoms with Gasteiger partial charge in [0.25, 0.3) is 5.91 Å². The maximum atomic E-state index is 12.9. The third-order valence-corrected chi connectivity index (χ3v) is 5.06. The Hall–Kier alpha value is -1.59. The van der Waals surface area contributed by atoms with E-state index < -0.39 is 11.0 Å². The summed E-state index contributed by atoms with van der Waals surface area (Å²) in [7, 11) is 0. The number of fused-ring (bicyclic) bond motifs is 1. The van der Waals surface area contributed by atoms with Crippen molar-refractivity contribution in [1.82, 2.24) is 4.90 Å². The largest absolute Gasteiger partial charge is 0.476 e. The van der Waals surface area contributed by atoms with Gasteiger partial charge in [-0.05, 0) is 64.9 Å². The molecule has 1 aromatic rings. The van der Waals surface area contributed by atoms with Crippen molar-refractivity contribution in [2.75, 3.05) is 31.1 Å². The normalized spacial score (nSPS) is 21.0. The quantitative estimate of drug-likeness (QED) is 0.595. The van der Waals surface area contributed by atoms with Crippen LogP contribution in [0.15, 0.2) is 18.2 Å². The van der Waals surface area contributed by atoms with E-state index in [2.05, 4.69) is 4.90 Å². The summed E-state index contributed by atoms with van der Waals surface area (Å²) in [5.41, 5.74) is 0.249. The van der Waals surface area contributed by atoms with E-state index in [1.807, 2.05) is 0 Å². The van der Waals surface area contributed by atoms with Crippen LogP contribution in [0, 0.1) is 0 Å². The topological polar surface area (TPSA) is 49.9 Å². The maximum Gasteiger partial charge on any atom is 0.270 e. The van der Waals surface area contributed by atoms with Crippen LogP contribution >= 0.6 is 11.6 Å². The summed E-state index contributed by atoms with van der Waals surface area (Å²) in [6, 6.07) is 5.21. The molecule has 136 valence electrons. The Labute approximate surface area is 153 Å². The Morgan fingerprint density at radius 2 is 1.96 bits per heavy atom. The molecule has 1 atom stereocenters. The van der Waals surface area contributed by atoms with Gasteiger partial charge in [0.15, 0.2) is 11.4 Å². The standard InChI is InChI=1S/C19H25ClN2O3/c1-13(20)17(23)14-6-7-16-15(12-14)22(18(24)19(2,3)25-16)11-10-21-8-4-5-9-21/h6-7,12-13H,4-5,8-11H2,1-3H3. The number of likely N-dealkylation sites (tertiary alicyclic amines) is 1. The van der Waals surface area contributed by atoms with Gasteiger partial charge in [0.1, 0.15) is 5.75 Å². The molecule has 1 saturated heterocycles. The second-order valence-electron chi connectivity index (χ2n) is 7.28. The van der Waals surface area contributed by atoms with E-state index in [0.29, 0.717) is 23.5 Å². The van der Waals surface area contributed by atoms with Gasteiger partial charge >= 0.3 is 0 Å². The number of nitrogens with zero attached hydrogens (tertiary/aromatic N) is 2. The van der Waals surface area contributed by atoms with Gasteiger partial charge in [-0.15, -0.1) is 11.6 Å². The fourth-order valence-electron chi connectivity index (χ4n) is 3.42. The molecule has 5 nitrogen and oxygen atoms in total. The van der Waals surface area contributed by atoms with Gasteiger partial charge in [-0.2, -0.15) is 0 Å². The van der Waals surface area contributed by atoms with Crippen LogP contribution in [-0.4, -0.2) is 53.7 Å². The lowest BCUT2D eigenvalue weighted by Crippen LogP contribution is -2.54. The van der Waals surface area contributed by atoms with Crippen LogP contribution in [0.1, 0.15) is 44.0 Å². The fourth-order valence-corrected chi connectivity index (χ4v) is 3.55. The first-order chi connectivity index (χ1) is 11.8. The number of ether oxygens (including phenoxy) is 1. The number of alkyl halides is 1. The average molecular weight is 365 g/mol. The van der Waals surface area contributed by atoms with E-state index in [4.69, 9.17) is 16.3 Å². The Balaban J connectivity index is 1.91. The van der Waals surface area contributed by atoms with E-state index in [-0.39, 0.29) is 11.7 Å². The van der Waals surface area contributed by atoms with Crippen molar-refractivity contribution in [3.63, 3.8) is 0 Å². The van der Waals surface area contributed by atoms with Crippen LogP contribution in [0.3, 0.4) is 0 Å². The lowest BCUT2D eigenvalue weighted by molar-refractivity contribution is -0.132. The molecule has 1 aromatic carbocycles. The Kier molecular flexibility index (Phi) is 5.07. The summed E-state index contributed by atoms with van der Waals surface area (Å²) in [6.45, 7) is 8.79. The molecule has 1 unspecified atom stereocenters.